The van der Waals surface area contributed by atoms with E-state index >= 15 is 0 Å². The SMILES string of the molecule is CCCc1ccc(C(F)(F)F)cc1CN1CC[C@H](CC(=O)OC)C[C@@H]1C1C=CC(C(F)(F)F)=CC1. The van der Waals surface area contributed by atoms with Crippen molar-refractivity contribution in [1.29, 1.82) is 0 Å². The summed E-state index contributed by atoms with van der Waals surface area (Å²) >= 11 is 0. The molecule has 1 aliphatic heterocycles. The van der Waals surface area contributed by atoms with Crippen molar-refractivity contribution in [3.05, 3.63) is 58.7 Å². The highest BCUT2D eigenvalue weighted by Crippen LogP contribution is 2.38. The average Bonchev–Trinajstić information content (AvgIpc) is 2.80. The number of likely N-dealkylation sites (tertiary alicyclic amines) is 1. The maximum Gasteiger partial charge on any atom is 0.416 e. The van der Waals surface area contributed by atoms with Crippen molar-refractivity contribution in [1.82, 2.24) is 4.90 Å². The van der Waals surface area contributed by atoms with E-state index in [1.165, 1.54) is 25.3 Å². The standard InChI is InChI=1S/C26H31F6NO2/c1-3-4-18-5-10-22(26(30,31)32)15-20(18)16-33-12-11-17(14-24(34)35-2)13-23(33)19-6-8-21(9-7-19)25(27,28)29/h5-6,8-10,15,17,19,23H,3-4,7,11-14,16H2,1-2H3/t17-,19?,23+/m0/s1. The van der Waals surface area contributed by atoms with Gasteiger partial charge in [0, 0.05) is 19.0 Å². The topological polar surface area (TPSA) is 29.5 Å². The van der Waals surface area contributed by atoms with Gasteiger partial charge < -0.3 is 4.74 Å². The third kappa shape index (κ3) is 7.12. The highest BCUT2D eigenvalue weighted by atomic mass is 19.4. The van der Waals surface area contributed by atoms with E-state index in [1.54, 1.807) is 6.08 Å². The van der Waals surface area contributed by atoms with Crippen LogP contribution < -0.4 is 0 Å². The van der Waals surface area contributed by atoms with Crippen LogP contribution in [0.4, 0.5) is 26.3 Å². The third-order valence-electron chi connectivity index (χ3n) is 6.93. The monoisotopic (exact) mass is 503 g/mol. The highest BCUT2D eigenvalue weighted by Gasteiger charge is 2.38. The smallest absolute Gasteiger partial charge is 0.416 e. The van der Waals surface area contributed by atoms with Gasteiger partial charge in [0.1, 0.15) is 0 Å². The predicted octanol–water partition coefficient (Wildman–Crippen LogP) is 6.87. The third-order valence-corrected chi connectivity index (χ3v) is 6.93. The number of piperidine rings is 1. The van der Waals surface area contributed by atoms with Gasteiger partial charge in [-0.15, -0.1) is 0 Å². The lowest BCUT2D eigenvalue weighted by molar-refractivity contribution is -0.142. The number of benzene rings is 1. The summed E-state index contributed by atoms with van der Waals surface area (Å²) in [7, 11) is 1.31. The molecule has 1 saturated heterocycles. The Hall–Kier alpha value is -2.29. The zero-order valence-corrected chi connectivity index (χ0v) is 19.9. The molecule has 0 N–H and O–H groups in total. The summed E-state index contributed by atoms with van der Waals surface area (Å²) in [6.45, 7) is 2.77. The zero-order valence-electron chi connectivity index (χ0n) is 19.9. The quantitative estimate of drug-likeness (QED) is 0.301. The van der Waals surface area contributed by atoms with Crippen LogP contribution in [0, 0.1) is 11.8 Å². The number of methoxy groups -OCH3 is 1. The second-order valence-corrected chi connectivity index (χ2v) is 9.36. The van der Waals surface area contributed by atoms with E-state index < -0.39 is 23.5 Å². The van der Waals surface area contributed by atoms with Crippen LogP contribution in [0.1, 0.15) is 55.7 Å². The molecule has 35 heavy (non-hydrogen) atoms. The lowest BCUT2D eigenvalue weighted by atomic mass is 9.79. The summed E-state index contributed by atoms with van der Waals surface area (Å²) in [5.74, 6) is -0.576. The number of rotatable bonds is 7. The van der Waals surface area contributed by atoms with Crippen molar-refractivity contribution < 1.29 is 35.9 Å². The molecule has 0 spiro atoms. The minimum atomic E-state index is -4.46. The maximum absolute atomic E-state index is 13.4. The van der Waals surface area contributed by atoms with Gasteiger partial charge in [0.2, 0.25) is 0 Å². The first kappa shape index (κ1) is 27.3. The lowest BCUT2D eigenvalue weighted by Crippen LogP contribution is -2.46. The first-order valence-corrected chi connectivity index (χ1v) is 11.9. The van der Waals surface area contributed by atoms with Gasteiger partial charge >= 0.3 is 18.3 Å². The van der Waals surface area contributed by atoms with Crippen molar-refractivity contribution in [3.63, 3.8) is 0 Å². The van der Waals surface area contributed by atoms with Gasteiger partial charge in [0.15, 0.2) is 0 Å². The molecule has 1 aromatic carbocycles. The summed E-state index contributed by atoms with van der Waals surface area (Å²) in [6, 6.07) is 3.62. The molecule has 1 aromatic rings. The van der Waals surface area contributed by atoms with Crippen LogP contribution in [0.25, 0.3) is 0 Å². The van der Waals surface area contributed by atoms with Crippen molar-refractivity contribution in [3.8, 4) is 0 Å². The number of esters is 1. The number of hydrogen-bond acceptors (Lipinski definition) is 3. The first-order chi connectivity index (χ1) is 16.4. The molecular formula is C26H31F6NO2. The Kier molecular flexibility index (Phi) is 8.72. The summed E-state index contributed by atoms with van der Waals surface area (Å²) in [5, 5.41) is 0. The Morgan fingerprint density at radius 2 is 1.86 bits per heavy atom. The van der Waals surface area contributed by atoms with E-state index in [1.807, 2.05) is 6.92 Å². The number of carbonyl (C=O) groups is 1. The number of halogens is 6. The molecule has 3 nitrogen and oxygen atoms in total. The molecule has 2 aliphatic rings. The van der Waals surface area contributed by atoms with Gasteiger partial charge in [-0.05, 0) is 67.3 Å². The van der Waals surface area contributed by atoms with Gasteiger partial charge in [0.05, 0.1) is 18.2 Å². The number of aryl methyl sites for hydroxylation is 1. The van der Waals surface area contributed by atoms with E-state index in [0.29, 0.717) is 31.4 Å². The number of nitrogens with zero attached hydrogens (tertiary/aromatic N) is 1. The van der Waals surface area contributed by atoms with Crippen LogP contribution in [0.3, 0.4) is 0 Å². The summed E-state index contributed by atoms with van der Waals surface area (Å²) in [4.78, 5) is 13.9. The fraction of sp³-hybridized carbons (Fsp3) is 0.577. The number of alkyl halides is 6. The fourth-order valence-corrected chi connectivity index (χ4v) is 5.08. The van der Waals surface area contributed by atoms with E-state index in [4.69, 9.17) is 4.74 Å². The molecule has 0 amide bonds. The van der Waals surface area contributed by atoms with Gasteiger partial charge in [-0.1, -0.05) is 37.6 Å². The molecule has 3 rings (SSSR count). The summed E-state index contributed by atoms with van der Waals surface area (Å²) in [5.41, 5.74) is 0.0314. The molecule has 1 aliphatic carbocycles. The highest BCUT2D eigenvalue weighted by molar-refractivity contribution is 5.69. The Morgan fingerprint density at radius 3 is 2.43 bits per heavy atom. The lowest BCUT2D eigenvalue weighted by Gasteiger charge is -2.43. The molecule has 1 heterocycles. The van der Waals surface area contributed by atoms with Crippen LogP contribution >= 0.6 is 0 Å². The Labute approximate surface area is 201 Å². The molecule has 9 heteroatoms. The molecule has 1 fully saturated rings. The van der Waals surface area contributed by atoms with E-state index in [0.717, 1.165) is 24.1 Å². The number of carbonyl (C=O) groups excluding carboxylic acids is 1. The zero-order chi connectivity index (χ0) is 25.8. The number of hydrogen-bond donors (Lipinski definition) is 0. The van der Waals surface area contributed by atoms with Crippen LogP contribution in [0.5, 0.6) is 0 Å². The number of allylic oxidation sites excluding steroid dienone is 3. The second kappa shape index (κ2) is 11.2. The molecule has 0 radical (unpaired) electrons. The van der Waals surface area contributed by atoms with Crippen LogP contribution in [-0.2, 0) is 28.7 Å². The average molecular weight is 504 g/mol. The van der Waals surface area contributed by atoms with Crippen LogP contribution in [0.2, 0.25) is 0 Å². The minimum Gasteiger partial charge on any atom is -0.469 e. The van der Waals surface area contributed by atoms with Crippen molar-refractivity contribution >= 4 is 5.97 Å². The van der Waals surface area contributed by atoms with Gasteiger partial charge in [0.25, 0.3) is 0 Å². The van der Waals surface area contributed by atoms with E-state index in [2.05, 4.69) is 4.90 Å². The van der Waals surface area contributed by atoms with Gasteiger partial charge in [-0.2, -0.15) is 26.3 Å². The Morgan fingerprint density at radius 1 is 1.11 bits per heavy atom. The largest absolute Gasteiger partial charge is 0.469 e. The Bertz CT molecular complexity index is 950. The molecule has 1 unspecified atom stereocenters. The molecule has 0 bridgehead atoms. The van der Waals surface area contributed by atoms with Gasteiger partial charge in [-0.25, -0.2) is 0 Å². The Balaban J connectivity index is 1.87. The normalized spacial score (nSPS) is 23.8. The first-order valence-electron chi connectivity index (χ1n) is 11.9. The molecule has 0 saturated carbocycles. The van der Waals surface area contributed by atoms with Gasteiger partial charge in [-0.3, -0.25) is 9.69 Å². The molecular weight excluding hydrogens is 472 g/mol. The minimum absolute atomic E-state index is 0.00159. The second-order valence-electron chi connectivity index (χ2n) is 9.36. The van der Waals surface area contributed by atoms with Crippen LogP contribution in [0.15, 0.2) is 42.0 Å². The van der Waals surface area contributed by atoms with Crippen LogP contribution in [-0.4, -0.2) is 36.7 Å². The molecule has 3 atom stereocenters. The van der Waals surface area contributed by atoms with Crippen molar-refractivity contribution in [2.75, 3.05) is 13.7 Å². The predicted molar refractivity (Wildman–Crippen MR) is 120 cm³/mol. The molecule has 194 valence electrons. The number of ether oxygens (including phenoxy) is 1. The van der Waals surface area contributed by atoms with Crippen molar-refractivity contribution in [2.45, 2.75) is 70.4 Å². The molecule has 0 aromatic heterocycles. The fourth-order valence-electron chi connectivity index (χ4n) is 5.08. The summed E-state index contributed by atoms with van der Waals surface area (Å²) in [6.07, 6.45) is -2.03. The maximum atomic E-state index is 13.4. The van der Waals surface area contributed by atoms with Crippen molar-refractivity contribution in [2.24, 2.45) is 11.8 Å². The summed E-state index contributed by atoms with van der Waals surface area (Å²) < 4.78 is 84.3. The van der Waals surface area contributed by atoms with E-state index in [9.17, 15) is 31.1 Å². The van der Waals surface area contributed by atoms with E-state index in [-0.39, 0.29) is 43.2 Å².